The average Bonchev–Trinajstić information content (AvgIpc) is 3.56. The molecule has 36 heavy (non-hydrogen) atoms. The van der Waals surface area contributed by atoms with Gasteiger partial charge in [0.2, 0.25) is 12.7 Å². The van der Waals surface area contributed by atoms with Gasteiger partial charge in [0.1, 0.15) is 18.1 Å². The number of imide groups is 1. The van der Waals surface area contributed by atoms with Crippen molar-refractivity contribution in [3.05, 3.63) is 69.8 Å². The van der Waals surface area contributed by atoms with Crippen LogP contribution < -0.4 is 19.9 Å². The third kappa shape index (κ3) is 4.66. The van der Waals surface area contributed by atoms with Gasteiger partial charge in [-0.1, -0.05) is 11.6 Å². The first-order chi connectivity index (χ1) is 17.3. The van der Waals surface area contributed by atoms with Gasteiger partial charge in [-0.2, -0.15) is 0 Å². The normalized spacial score (nSPS) is 15.6. The lowest BCUT2D eigenvalue weighted by Crippen LogP contribution is -2.36. The third-order valence-corrected chi connectivity index (χ3v) is 6.44. The maximum absolute atomic E-state index is 12.8. The van der Waals surface area contributed by atoms with Gasteiger partial charge in [-0.15, -0.1) is 0 Å². The van der Waals surface area contributed by atoms with Gasteiger partial charge in [-0.3, -0.25) is 19.3 Å². The summed E-state index contributed by atoms with van der Waals surface area (Å²) >= 11 is 6.54. The number of thioether (sulfide) groups is 1. The molecule has 2 aromatic carbocycles. The molecule has 1 saturated heterocycles. The molecule has 1 fully saturated rings. The minimum absolute atomic E-state index is 0.0294. The SMILES string of the molecule is O=C(CN1C(=O)S/C(=C/c2ccc(-c3ccc(Cl)c(C(=O)[O-])c3)o2)C1=O)Nc1ccc2c(c1)OCO2. The molecule has 2 aliphatic heterocycles. The molecule has 1 aromatic heterocycles. The molecule has 0 atom stereocenters. The Balaban J connectivity index is 1.27. The predicted molar refractivity (Wildman–Crippen MR) is 127 cm³/mol. The number of rotatable bonds is 6. The predicted octanol–water partition coefficient (Wildman–Crippen LogP) is 3.37. The summed E-state index contributed by atoms with van der Waals surface area (Å²) in [4.78, 5) is 49.7. The number of furan rings is 1. The van der Waals surface area contributed by atoms with Gasteiger partial charge in [0, 0.05) is 34.0 Å². The number of anilines is 1. The highest BCUT2D eigenvalue weighted by Gasteiger charge is 2.36. The van der Waals surface area contributed by atoms with Crippen molar-refractivity contribution in [3.63, 3.8) is 0 Å². The van der Waals surface area contributed by atoms with Gasteiger partial charge in [0.15, 0.2) is 11.5 Å². The zero-order valence-corrected chi connectivity index (χ0v) is 19.7. The van der Waals surface area contributed by atoms with Crippen LogP contribution in [0.1, 0.15) is 16.1 Å². The van der Waals surface area contributed by atoms with Gasteiger partial charge >= 0.3 is 0 Å². The molecule has 0 unspecified atom stereocenters. The molecule has 0 spiro atoms. The number of fused-ring (bicyclic) bond motifs is 1. The molecule has 1 N–H and O–H groups in total. The summed E-state index contributed by atoms with van der Waals surface area (Å²) < 4.78 is 16.2. The molecule has 5 rings (SSSR count). The minimum atomic E-state index is -1.43. The van der Waals surface area contributed by atoms with Crippen LogP contribution in [0, 0.1) is 0 Å². The molecule has 3 heterocycles. The number of benzene rings is 2. The van der Waals surface area contributed by atoms with E-state index in [0.717, 1.165) is 4.90 Å². The Morgan fingerprint density at radius 3 is 2.69 bits per heavy atom. The Hall–Kier alpha value is -4.22. The van der Waals surface area contributed by atoms with E-state index in [9.17, 15) is 24.3 Å². The monoisotopic (exact) mass is 525 g/mol. The molecule has 12 heteroatoms. The first-order valence-corrected chi connectivity index (χ1v) is 11.5. The summed E-state index contributed by atoms with van der Waals surface area (Å²) in [5, 5.41) is 13.3. The summed E-state index contributed by atoms with van der Waals surface area (Å²) in [5.74, 6) is -1.02. The molecule has 3 amide bonds. The van der Waals surface area contributed by atoms with Crippen LogP contribution in [0.4, 0.5) is 10.5 Å². The molecule has 0 saturated carbocycles. The summed E-state index contributed by atoms with van der Waals surface area (Å²) in [7, 11) is 0. The molecular weight excluding hydrogens is 512 g/mol. The summed E-state index contributed by atoms with van der Waals surface area (Å²) in [6.45, 7) is -0.385. The first-order valence-electron chi connectivity index (χ1n) is 10.3. The van der Waals surface area contributed by atoms with Crippen molar-refractivity contribution >= 4 is 58.1 Å². The Morgan fingerprint density at radius 2 is 1.89 bits per heavy atom. The third-order valence-electron chi connectivity index (χ3n) is 5.20. The number of carbonyl (C=O) groups is 4. The number of aromatic carboxylic acids is 1. The van der Waals surface area contributed by atoms with E-state index in [2.05, 4.69) is 5.32 Å². The van der Waals surface area contributed by atoms with Gasteiger partial charge in [0.05, 0.1) is 10.9 Å². The molecule has 10 nitrogen and oxygen atoms in total. The first kappa shape index (κ1) is 23.5. The standard InChI is InChI=1S/C24H15ClN2O8S/c25-16-4-1-12(7-15(16)23(30)31)17-6-3-14(35-17)9-20-22(29)27(24(32)36-20)10-21(28)26-13-2-5-18-19(8-13)34-11-33-18/h1-9H,10-11H2,(H,26,28)(H,30,31)/p-1/b20-9+. The van der Waals surface area contributed by atoms with Crippen LogP contribution in [0.3, 0.4) is 0 Å². The van der Waals surface area contributed by atoms with Crippen molar-refractivity contribution in [2.75, 3.05) is 18.7 Å². The maximum atomic E-state index is 12.8. The number of carboxylic acid groups (broad SMARTS) is 1. The highest BCUT2D eigenvalue weighted by Crippen LogP contribution is 2.35. The molecule has 3 aromatic rings. The Kier molecular flexibility index (Phi) is 6.17. The van der Waals surface area contributed by atoms with E-state index < -0.39 is 29.6 Å². The lowest BCUT2D eigenvalue weighted by molar-refractivity contribution is -0.255. The number of carbonyl (C=O) groups excluding carboxylic acids is 4. The lowest BCUT2D eigenvalue weighted by atomic mass is 10.1. The largest absolute Gasteiger partial charge is 0.545 e. The van der Waals surface area contributed by atoms with Crippen LogP contribution in [0.2, 0.25) is 5.02 Å². The molecule has 0 bridgehead atoms. The number of hydrogen-bond donors (Lipinski definition) is 1. The molecule has 2 aliphatic rings. The molecule has 182 valence electrons. The van der Waals surface area contributed by atoms with Crippen molar-refractivity contribution in [1.29, 1.82) is 0 Å². The number of amides is 3. The van der Waals surface area contributed by atoms with Gasteiger partial charge in [-0.05, 0) is 54.2 Å². The van der Waals surface area contributed by atoms with Crippen LogP contribution in [0.5, 0.6) is 11.5 Å². The van der Waals surface area contributed by atoms with E-state index in [0.29, 0.717) is 40.3 Å². The Bertz CT molecular complexity index is 1460. The maximum Gasteiger partial charge on any atom is 0.294 e. The zero-order chi connectivity index (χ0) is 25.4. The number of nitrogens with one attached hydrogen (secondary N) is 1. The van der Waals surface area contributed by atoms with Crippen LogP contribution >= 0.6 is 23.4 Å². The summed E-state index contributed by atoms with van der Waals surface area (Å²) in [6, 6.07) is 12.3. The highest BCUT2D eigenvalue weighted by atomic mass is 35.5. The number of nitrogens with zero attached hydrogens (tertiary/aromatic N) is 1. The van der Waals surface area contributed by atoms with E-state index in [4.69, 9.17) is 25.5 Å². The number of ether oxygens (including phenoxy) is 2. The number of halogens is 1. The fourth-order valence-corrected chi connectivity index (χ4v) is 4.52. The highest BCUT2D eigenvalue weighted by molar-refractivity contribution is 8.18. The van der Waals surface area contributed by atoms with Crippen LogP contribution in [-0.4, -0.2) is 41.3 Å². The van der Waals surface area contributed by atoms with E-state index in [1.807, 2.05) is 0 Å². The van der Waals surface area contributed by atoms with E-state index in [1.54, 1.807) is 36.4 Å². The second-order valence-electron chi connectivity index (χ2n) is 7.57. The van der Waals surface area contributed by atoms with Crippen molar-refractivity contribution < 1.29 is 38.2 Å². The fraction of sp³-hybridized carbons (Fsp3) is 0.0833. The second kappa shape index (κ2) is 9.44. The number of hydrogen-bond acceptors (Lipinski definition) is 9. The van der Waals surface area contributed by atoms with Crippen LogP contribution in [-0.2, 0) is 9.59 Å². The molecule has 0 radical (unpaired) electrons. The van der Waals surface area contributed by atoms with Crippen molar-refractivity contribution in [3.8, 4) is 22.8 Å². The van der Waals surface area contributed by atoms with Crippen LogP contribution in [0.25, 0.3) is 17.4 Å². The lowest BCUT2D eigenvalue weighted by Gasteiger charge is -2.12. The Labute approximate surface area is 212 Å². The Morgan fingerprint density at radius 1 is 1.08 bits per heavy atom. The van der Waals surface area contributed by atoms with Gasteiger partial charge in [0.25, 0.3) is 11.1 Å². The number of carboxylic acids is 1. The summed E-state index contributed by atoms with van der Waals surface area (Å²) in [6.07, 6.45) is 1.37. The van der Waals surface area contributed by atoms with Crippen molar-refractivity contribution in [2.24, 2.45) is 0 Å². The smallest absolute Gasteiger partial charge is 0.294 e. The summed E-state index contributed by atoms with van der Waals surface area (Å²) in [5.41, 5.74) is 0.678. The molecule has 0 aliphatic carbocycles. The second-order valence-corrected chi connectivity index (χ2v) is 8.97. The molecular formula is C24H14ClN2O8S-. The van der Waals surface area contributed by atoms with Crippen molar-refractivity contribution in [2.45, 2.75) is 0 Å². The van der Waals surface area contributed by atoms with E-state index in [1.165, 1.54) is 18.2 Å². The minimum Gasteiger partial charge on any atom is -0.545 e. The van der Waals surface area contributed by atoms with E-state index >= 15 is 0 Å². The van der Waals surface area contributed by atoms with Crippen molar-refractivity contribution in [1.82, 2.24) is 4.90 Å². The average molecular weight is 526 g/mol. The van der Waals surface area contributed by atoms with Gasteiger partial charge in [-0.25, -0.2) is 0 Å². The topological polar surface area (TPSA) is 138 Å². The van der Waals surface area contributed by atoms with Gasteiger partial charge < -0.3 is 29.1 Å². The van der Waals surface area contributed by atoms with Crippen LogP contribution in [0.15, 0.2) is 57.9 Å². The zero-order valence-electron chi connectivity index (χ0n) is 18.1. The quantitative estimate of drug-likeness (QED) is 0.480. The van der Waals surface area contributed by atoms with E-state index in [-0.39, 0.29) is 28.0 Å². The fourth-order valence-electron chi connectivity index (χ4n) is 3.50.